The van der Waals surface area contributed by atoms with Gasteiger partial charge in [-0.15, -0.1) is 0 Å². The Morgan fingerprint density at radius 1 is 1.44 bits per heavy atom. The molecule has 0 aromatic rings. The van der Waals surface area contributed by atoms with Crippen LogP contribution in [0.4, 0.5) is 13.2 Å². The minimum Gasteiger partial charge on any atom is -0.316 e. The summed E-state index contributed by atoms with van der Waals surface area (Å²) in [5.41, 5.74) is 0. The Labute approximate surface area is 105 Å². The molecular weight excluding hydrogens is 269 g/mol. The second-order valence-electron chi connectivity index (χ2n) is 4.70. The van der Waals surface area contributed by atoms with Crippen molar-refractivity contribution in [1.29, 1.82) is 0 Å². The highest BCUT2D eigenvalue weighted by molar-refractivity contribution is 7.89. The van der Waals surface area contributed by atoms with Gasteiger partial charge in [0, 0.05) is 12.5 Å². The number of sulfonamides is 1. The lowest BCUT2D eigenvalue weighted by atomic mass is 10.0. The molecule has 0 saturated carbocycles. The summed E-state index contributed by atoms with van der Waals surface area (Å²) in [6.07, 6.45) is -4.87. The fourth-order valence-corrected chi connectivity index (χ4v) is 3.41. The van der Waals surface area contributed by atoms with Gasteiger partial charge in [-0.25, -0.2) is 13.1 Å². The number of halogens is 3. The Balaban J connectivity index is 2.34. The van der Waals surface area contributed by atoms with Crippen LogP contribution in [0, 0.1) is 5.92 Å². The Bertz CT molecular complexity index is 351. The highest BCUT2D eigenvalue weighted by Gasteiger charge is 2.29. The van der Waals surface area contributed by atoms with Crippen LogP contribution in [-0.4, -0.2) is 39.5 Å². The van der Waals surface area contributed by atoms with Crippen molar-refractivity contribution in [1.82, 2.24) is 10.0 Å². The molecule has 8 heteroatoms. The standard InChI is InChI=1S/C10H19F3N2O2S/c1-8(9-3-5-14-7-9)15-18(16,17)6-2-4-10(11,12)13/h8-9,14-15H,2-7H2,1H3. The van der Waals surface area contributed by atoms with Gasteiger partial charge in [0.2, 0.25) is 10.0 Å². The number of hydrogen-bond donors (Lipinski definition) is 2. The summed E-state index contributed by atoms with van der Waals surface area (Å²) < 4.78 is 61.4. The summed E-state index contributed by atoms with van der Waals surface area (Å²) >= 11 is 0. The Kier molecular flexibility index (Phi) is 5.42. The molecule has 0 amide bonds. The number of hydrogen-bond acceptors (Lipinski definition) is 3. The molecule has 4 nitrogen and oxygen atoms in total. The first-order valence-corrected chi connectivity index (χ1v) is 7.62. The summed E-state index contributed by atoms with van der Waals surface area (Å²) in [4.78, 5) is 0. The van der Waals surface area contributed by atoms with Crippen molar-refractivity contribution in [3.05, 3.63) is 0 Å². The first kappa shape index (κ1) is 15.7. The van der Waals surface area contributed by atoms with Crippen molar-refractivity contribution < 1.29 is 21.6 Å². The first-order chi connectivity index (χ1) is 8.20. The summed E-state index contributed by atoms with van der Waals surface area (Å²) in [5, 5.41) is 3.12. The summed E-state index contributed by atoms with van der Waals surface area (Å²) in [6.45, 7) is 3.34. The van der Waals surface area contributed by atoms with E-state index in [1.165, 1.54) is 0 Å². The molecule has 1 aliphatic rings. The molecule has 108 valence electrons. The molecule has 0 aliphatic carbocycles. The van der Waals surface area contributed by atoms with E-state index in [4.69, 9.17) is 0 Å². The SMILES string of the molecule is CC(NS(=O)(=O)CCCC(F)(F)F)C1CCNC1. The first-order valence-electron chi connectivity index (χ1n) is 5.97. The van der Waals surface area contributed by atoms with Crippen LogP contribution in [0.3, 0.4) is 0 Å². The molecule has 2 N–H and O–H groups in total. The molecule has 1 fully saturated rings. The van der Waals surface area contributed by atoms with Crippen molar-refractivity contribution in [2.75, 3.05) is 18.8 Å². The van der Waals surface area contributed by atoms with Crippen molar-refractivity contribution in [2.24, 2.45) is 5.92 Å². The van der Waals surface area contributed by atoms with Gasteiger partial charge in [-0.3, -0.25) is 0 Å². The lowest BCUT2D eigenvalue weighted by molar-refractivity contribution is -0.134. The molecule has 1 saturated heterocycles. The average molecular weight is 288 g/mol. The molecule has 2 atom stereocenters. The third-order valence-corrected chi connectivity index (χ3v) is 4.60. The van der Waals surface area contributed by atoms with Gasteiger partial charge in [0.15, 0.2) is 0 Å². The minimum absolute atomic E-state index is 0.211. The lowest BCUT2D eigenvalue weighted by Gasteiger charge is -2.19. The summed E-state index contributed by atoms with van der Waals surface area (Å²) in [6, 6.07) is -0.240. The van der Waals surface area contributed by atoms with E-state index in [1.54, 1.807) is 6.92 Å². The number of nitrogens with one attached hydrogen (secondary N) is 2. The summed E-state index contributed by atoms with van der Waals surface area (Å²) in [5.74, 6) is -0.265. The lowest BCUT2D eigenvalue weighted by Crippen LogP contribution is -2.40. The zero-order valence-corrected chi connectivity index (χ0v) is 11.1. The molecule has 1 heterocycles. The van der Waals surface area contributed by atoms with Gasteiger partial charge in [0.25, 0.3) is 0 Å². The van der Waals surface area contributed by atoms with Crippen molar-refractivity contribution >= 4 is 10.0 Å². The molecular formula is C10H19F3N2O2S. The van der Waals surface area contributed by atoms with Gasteiger partial charge >= 0.3 is 6.18 Å². The molecule has 1 aliphatic heterocycles. The van der Waals surface area contributed by atoms with Crippen LogP contribution in [0.25, 0.3) is 0 Å². The highest BCUT2D eigenvalue weighted by atomic mass is 32.2. The topological polar surface area (TPSA) is 58.2 Å². The molecule has 0 aromatic carbocycles. The third kappa shape index (κ3) is 6.01. The zero-order chi connectivity index (χ0) is 13.8. The quantitative estimate of drug-likeness (QED) is 0.773. The molecule has 2 unspecified atom stereocenters. The van der Waals surface area contributed by atoms with Crippen LogP contribution in [-0.2, 0) is 10.0 Å². The maximum Gasteiger partial charge on any atom is 0.389 e. The molecule has 18 heavy (non-hydrogen) atoms. The van der Waals surface area contributed by atoms with Crippen LogP contribution >= 0.6 is 0 Å². The molecule has 0 aromatic heterocycles. The predicted octanol–water partition coefficient (Wildman–Crippen LogP) is 1.25. The third-order valence-electron chi connectivity index (χ3n) is 3.04. The van der Waals surface area contributed by atoms with E-state index in [1.807, 2.05) is 0 Å². The van der Waals surface area contributed by atoms with Gasteiger partial charge in [-0.2, -0.15) is 13.2 Å². The second-order valence-corrected chi connectivity index (χ2v) is 6.57. The van der Waals surface area contributed by atoms with Gasteiger partial charge in [0.1, 0.15) is 0 Å². The fourth-order valence-electron chi connectivity index (χ4n) is 2.00. The van der Waals surface area contributed by atoms with Gasteiger partial charge < -0.3 is 5.32 Å². The maximum absolute atomic E-state index is 11.9. The van der Waals surface area contributed by atoms with E-state index >= 15 is 0 Å². The van der Waals surface area contributed by atoms with Crippen molar-refractivity contribution in [2.45, 2.75) is 38.4 Å². The van der Waals surface area contributed by atoms with E-state index in [0.29, 0.717) is 0 Å². The van der Waals surface area contributed by atoms with Crippen LogP contribution in [0.2, 0.25) is 0 Å². The van der Waals surface area contributed by atoms with E-state index in [2.05, 4.69) is 10.0 Å². The Hall–Kier alpha value is -0.340. The fraction of sp³-hybridized carbons (Fsp3) is 1.00. The molecule has 0 spiro atoms. The van der Waals surface area contributed by atoms with Crippen LogP contribution in [0.5, 0.6) is 0 Å². The average Bonchev–Trinajstić information content (AvgIpc) is 2.66. The van der Waals surface area contributed by atoms with E-state index < -0.39 is 34.8 Å². The van der Waals surface area contributed by atoms with Gasteiger partial charge in [-0.1, -0.05) is 0 Å². The Morgan fingerprint density at radius 2 is 2.11 bits per heavy atom. The van der Waals surface area contributed by atoms with E-state index in [0.717, 1.165) is 19.5 Å². The van der Waals surface area contributed by atoms with Crippen LogP contribution in [0.1, 0.15) is 26.2 Å². The normalized spacial score (nSPS) is 23.2. The smallest absolute Gasteiger partial charge is 0.316 e. The number of alkyl halides is 3. The second kappa shape index (κ2) is 6.21. The van der Waals surface area contributed by atoms with Gasteiger partial charge in [0.05, 0.1) is 5.75 Å². The summed E-state index contributed by atoms with van der Waals surface area (Å²) in [7, 11) is -3.62. The molecule has 1 rings (SSSR count). The van der Waals surface area contributed by atoms with Crippen LogP contribution < -0.4 is 10.0 Å². The molecule has 0 bridgehead atoms. The Morgan fingerprint density at radius 3 is 2.61 bits per heavy atom. The van der Waals surface area contributed by atoms with E-state index in [-0.39, 0.29) is 12.0 Å². The highest BCUT2D eigenvalue weighted by Crippen LogP contribution is 2.21. The van der Waals surface area contributed by atoms with Crippen LogP contribution in [0.15, 0.2) is 0 Å². The van der Waals surface area contributed by atoms with E-state index in [9.17, 15) is 21.6 Å². The van der Waals surface area contributed by atoms with Crippen molar-refractivity contribution in [3.8, 4) is 0 Å². The minimum atomic E-state index is -4.30. The monoisotopic (exact) mass is 288 g/mol. The zero-order valence-electron chi connectivity index (χ0n) is 10.3. The van der Waals surface area contributed by atoms with Crippen molar-refractivity contribution in [3.63, 3.8) is 0 Å². The predicted molar refractivity (Wildman–Crippen MR) is 62.7 cm³/mol. The number of rotatable bonds is 6. The van der Waals surface area contributed by atoms with Gasteiger partial charge in [-0.05, 0) is 38.8 Å². The largest absolute Gasteiger partial charge is 0.389 e. The maximum atomic E-state index is 11.9. The molecule has 0 radical (unpaired) electrons.